The van der Waals surface area contributed by atoms with E-state index in [0.29, 0.717) is 17.5 Å². The number of carbonyl (C=O) groups excluding carboxylic acids is 1. The first-order valence-corrected chi connectivity index (χ1v) is 7.41. The molecule has 22 heavy (non-hydrogen) atoms. The van der Waals surface area contributed by atoms with Crippen molar-refractivity contribution >= 4 is 17.7 Å². The minimum absolute atomic E-state index is 0.0545. The lowest BCUT2D eigenvalue weighted by Crippen LogP contribution is -2.14. The predicted octanol–water partition coefficient (Wildman–Crippen LogP) is 1.76. The Morgan fingerprint density at radius 2 is 2.23 bits per heavy atom. The maximum absolute atomic E-state index is 13.5. The Hall–Kier alpha value is -2.35. The maximum atomic E-state index is 13.5. The highest BCUT2D eigenvalue weighted by atomic mass is 32.2. The van der Waals surface area contributed by atoms with Crippen molar-refractivity contribution in [3.63, 3.8) is 0 Å². The van der Waals surface area contributed by atoms with E-state index in [9.17, 15) is 9.18 Å². The van der Waals surface area contributed by atoms with Gasteiger partial charge in [0.25, 0.3) is 0 Å². The van der Waals surface area contributed by atoms with Crippen LogP contribution in [0, 0.1) is 5.82 Å². The van der Waals surface area contributed by atoms with E-state index in [4.69, 9.17) is 10.5 Å². The second-order valence-electron chi connectivity index (χ2n) is 4.27. The van der Waals surface area contributed by atoms with Crippen molar-refractivity contribution in [2.45, 2.75) is 18.3 Å². The lowest BCUT2D eigenvalue weighted by atomic mass is 10.3. The molecule has 6 nitrogen and oxygen atoms in total. The number of allylic oxidation sites excluding steroid dienone is 1. The van der Waals surface area contributed by atoms with Crippen LogP contribution in [0.5, 0.6) is 5.75 Å². The van der Waals surface area contributed by atoms with Crippen LogP contribution in [0.25, 0.3) is 0 Å². The molecule has 0 atom stereocenters. The Morgan fingerprint density at radius 1 is 1.45 bits per heavy atom. The fourth-order valence-corrected chi connectivity index (χ4v) is 2.39. The second kappa shape index (κ2) is 7.60. The topological polar surface area (TPSA) is 83.0 Å². The number of nitrogens with two attached hydrogens (primary N) is 1. The van der Waals surface area contributed by atoms with Gasteiger partial charge in [0.15, 0.2) is 22.5 Å². The van der Waals surface area contributed by atoms with Crippen LogP contribution in [0.4, 0.5) is 4.39 Å². The molecule has 2 N–H and O–H groups in total. The lowest BCUT2D eigenvalue weighted by Gasteiger charge is -2.09. The van der Waals surface area contributed by atoms with E-state index in [2.05, 4.69) is 16.8 Å². The fraction of sp³-hybridized carbons (Fsp3) is 0.214. The molecule has 1 aromatic carbocycles. The van der Waals surface area contributed by atoms with Crippen molar-refractivity contribution in [1.82, 2.24) is 14.8 Å². The number of benzene rings is 1. The largest absolute Gasteiger partial charge is 0.483 e. The fourth-order valence-electron chi connectivity index (χ4n) is 1.68. The summed E-state index contributed by atoms with van der Waals surface area (Å²) in [6, 6.07) is 6.12. The number of amides is 1. The third kappa shape index (κ3) is 4.08. The van der Waals surface area contributed by atoms with E-state index >= 15 is 0 Å². The first kappa shape index (κ1) is 16.0. The van der Waals surface area contributed by atoms with Crippen molar-refractivity contribution in [1.29, 1.82) is 0 Å². The number of thioether (sulfide) groups is 1. The summed E-state index contributed by atoms with van der Waals surface area (Å²) in [7, 11) is 0. The number of ether oxygens (including phenoxy) is 1. The zero-order valence-electron chi connectivity index (χ0n) is 11.7. The molecule has 2 aromatic rings. The molecule has 1 amide bonds. The number of para-hydroxylation sites is 1. The molecule has 0 radical (unpaired) electrons. The van der Waals surface area contributed by atoms with Crippen molar-refractivity contribution in [3.05, 3.63) is 48.6 Å². The summed E-state index contributed by atoms with van der Waals surface area (Å²) < 4.78 is 20.7. The van der Waals surface area contributed by atoms with Gasteiger partial charge in [-0.15, -0.1) is 16.8 Å². The highest BCUT2D eigenvalue weighted by Crippen LogP contribution is 2.20. The molecule has 0 fully saturated rings. The molecule has 116 valence electrons. The molecule has 0 spiro atoms. The van der Waals surface area contributed by atoms with Gasteiger partial charge in [0.05, 0.1) is 5.75 Å². The van der Waals surface area contributed by atoms with Crippen molar-refractivity contribution in [2.24, 2.45) is 5.73 Å². The Balaban J connectivity index is 2.11. The van der Waals surface area contributed by atoms with Gasteiger partial charge < -0.3 is 10.5 Å². The average Bonchev–Trinajstić information content (AvgIpc) is 2.87. The molecule has 8 heteroatoms. The van der Waals surface area contributed by atoms with E-state index in [1.165, 1.54) is 23.9 Å². The highest BCUT2D eigenvalue weighted by molar-refractivity contribution is 7.99. The molecular weight excluding hydrogens is 307 g/mol. The van der Waals surface area contributed by atoms with Gasteiger partial charge >= 0.3 is 0 Å². The van der Waals surface area contributed by atoms with E-state index < -0.39 is 11.7 Å². The van der Waals surface area contributed by atoms with Crippen LogP contribution < -0.4 is 10.5 Å². The van der Waals surface area contributed by atoms with Gasteiger partial charge in [-0.2, -0.15) is 0 Å². The van der Waals surface area contributed by atoms with Gasteiger partial charge in [0.1, 0.15) is 6.61 Å². The number of nitrogens with zero attached hydrogens (tertiary/aromatic N) is 3. The Bertz CT molecular complexity index is 675. The Morgan fingerprint density at radius 3 is 2.91 bits per heavy atom. The monoisotopic (exact) mass is 322 g/mol. The normalized spacial score (nSPS) is 10.4. The molecule has 2 rings (SSSR count). The quantitative estimate of drug-likeness (QED) is 0.591. The number of rotatable bonds is 8. The average molecular weight is 322 g/mol. The van der Waals surface area contributed by atoms with Gasteiger partial charge in [-0.25, -0.2) is 4.39 Å². The van der Waals surface area contributed by atoms with Crippen LogP contribution in [0.15, 0.2) is 42.1 Å². The summed E-state index contributed by atoms with van der Waals surface area (Å²) in [6.45, 7) is 4.17. The molecule has 0 saturated carbocycles. The SMILES string of the molecule is C=CCn1c(COc2ccccc2F)nnc1SCC(N)=O. The first-order valence-electron chi connectivity index (χ1n) is 6.43. The minimum atomic E-state index is -0.444. The Labute approximate surface area is 131 Å². The van der Waals surface area contributed by atoms with Gasteiger partial charge in [-0.3, -0.25) is 9.36 Å². The zero-order valence-corrected chi connectivity index (χ0v) is 12.6. The molecule has 0 bridgehead atoms. The minimum Gasteiger partial charge on any atom is -0.483 e. The summed E-state index contributed by atoms with van der Waals surface area (Å²) >= 11 is 1.18. The number of primary amides is 1. The molecular formula is C14H15FN4O2S. The smallest absolute Gasteiger partial charge is 0.227 e. The molecule has 1 aromatic heterocycles. The van der Waals surface area contributed by atoms with E-state index in [0.717, 1.165) is 0 Å². The molecule has 0 aliphatic rings. The Kier molecular flexibility index (Phi) is 5.54. The third-order valence-corrected chi connectivity index (χ3v) is 3.63. The number of carbonyl (C=O) groups is 1. The van der Waals surface area contributed by atoms with Crippen LogP contribution in [0.3, 0.4) is 0 Å². The maximum Gasteiger partial charge on any atom is 0.227 e. The molecule has 0 aliphatic carbocycles. The van der Waals surface area contributed by atoms with Crippen LogP contribution in [-0.2, 0) is 17.9 Å². The van der Waals surface area contributed by atoms with Gasteiger partial charge in [0.2, 0.25) is 5.91 Å². The molecule has 0 saturated heterocycles. The summed E-state index contributed by atoms with van der Waals surface area (Å²) in [4.78, 5) is 10.9. The van der Waals surface area contributed by atoms with E-state index in [1.807, 2.05) is 0 Å². The lowest BCUT2D eigenvalue weighted by molar-refractivity contribution is -0.115. The first-order chi connectivity index (χ1) is 10.6. The van der Waals surface area contributed by atoms with Crippen LogP contribution in [0.1, 0.15) is 5.82 Å². The summed E-state index contributed by atoms with van der Waals surface area (Å²) in [5, 5.41) is 8.52. The van der Waals surface area contributed by atoms with Crippen molar-refractivity contribution < 1.29 is 13.9 Å². The molecule has 0 aliphatic heterocycles. The van der Waals surface area contributed by atoms with E-state index in [1.54, 1.807) is 22.8 Å². The van der Waals surface area contributed by atoms with Gasteiger partial charge in [-0.1, -0.05) is 30.0 Å². The predicted molar refractivity (Wildman–Crippen MR) is 80.9 cm³/mol. The van der Waals surface area contributed by atoms with Crippen LogP contribution >= 0.6 is 11.8 Å². The highest BCUT2D eigenvalue weighted by Gasteiger charge is 2.13. The standard InChI is InChI=1S/C14H15FN4O2S/c1-2-7-19-13(17-18-14(19)22-9-12(16)20)8-21-11-6-4-3-5-10(11)15/h2-6H,1,7-9H2,(H2,16,20). The number of hydrogen-bond acceptors (Lipinski definition) is 5. The number of halogens is 1. The molecule has 0 unspecified atom stereocenters. The van der Waals surface area contributed by atoms with Gasteiger partial charge in [0, 0.05) is 6.54 Å². The molecule has 1 heterocycles. The van der Waals surface area contributed by atoms with Crippen molar-refractivity contribution in [2.75, 3.05) is 5.75 Å². The van der Waals surface area contributed by atoms with Gasteiger partial charge in [-0.05, 0) is 12.1 Å². The van der Waals surface area contributed by atoms with Crippen LogP contribution in [0.2, 0.25) is 0 Å². The summed E-state index contributed by atoms with van der Waals surface area (Å²) in [5.74, 6) is -0.135. The second-order valence-corrected chi connectivity index (χ2v) is 5.21. The van der Waals surface area contributed by atoms with E-state index in [-0.39, 0.29) is 18.1 Å². The van der Waals surface area contributed by atoms with Crippen LogP contribution in [-0.4, -0.2) is 26.4 Å². The number of hydrogen-bond donors (Lipinski definition) is 1. The summed E-state index contributed by atoms with van der Waals surface area (Å²) in [5.41, 5.74) is 5.12. The zero-order chi connectivity index (χ0) is 15.9. The third-order valence-electron chi connectivity index (χ3n) is 2.64. The summed E-state index contributed by atoms with van der Waals surface area (Å²) in [6.07, 6.45) is 1.67. The number of aromatic nitrogens is 3. The van der Waals surface area contributed by atoms with Crippen molar-refractivity contribution in [3.8, 4) is 5.75 Å².